The maximum absolute atomic E-state index is 9.29. The Kier molecular flexibility index (Phi) is 3.75. The second-order valence-corrected chi connectivity index (χ2v) is 5.17. The number of ether oxygens (including phenoxy) is 3. The van der Waals surface area contributed by atoms with Crippen molar-refractivity contribution in [3.05, 3.63) is 46.1 Å². The molecule has 0 aliphatic carbocycles. The fourth-order valence-electron chi connectivity index (χ4n) is 1.89. The van der Waals surface area contributed by atoms with Crippen molar-refractivity contribution >= 4 is 15.9 Å². The SMILES string of the molecule is OCc1cc(Br)cnc1OCc1ccc2c(c1)OCO2. The van der Waals surface area contributed by atoms with Crippen LogP contribution in [-0.2, 0) is 13.2 Å². The number of halogens is 1. The highest BCUT2D eigenvalue weighted by atomic mass is 79.9. The van der Waals surface area contributed by atoms with E-state index in [2.05, 4.69) is 20.9 Å². The third-order valence-electron chi connectivity index (χ3n) is 2.87. The molecule has 20 heavy (non-hydrogen) atoms. The van der Waals surface area contributed by atoms with Gasteiger partial charge in [-0.05, 0) is 39.7 Å². The van der Waals surface area contributed by atoms with E-state index in [9.17, 15) is 5.11 Å². The van der Waals surface area contributed by atoms with E-state index in [0.29, 0.717) is 18.1 Å². The van der Waals surface area contributed by atoms with Gasteiger partial charge in [-0.2, -0.15) is 0 Å². The van der Waals surface area contributed by atoms with Crippen LogP contribution in [0.2, 0.25) is 0 Å². The predicted molar refractivity (Wildman–Crippen MR) is 74.8 cm³/mol. The van der Waals surface area contributed by atoms with E-state index in [1.807, 2.05) is 18.2 Å². The number of aliphatic hydroxyl groups excluding tert-OH is 1. The fraction of sp³-hybridized carbons (Fsp3) is 0.214. The number of hydrogen-bond donors (Lipinski definition) is 1. The molecular formula is C14H12BrNO4. The normalized spacial score (nSPS) is 12.5. The van der Waals surface area contributed by atoms with Gasteiger partial charge in [0.05, 0.1) is 6.61 Å². The molecule has 5 nitrogen and oxygen atoms in total. The maximum atomic E-state index is 9.29. The van der Waals surface area contributed by atoms with E-state index in [-0.39, 0.29) is 13.4 Å². The van der Waals surface area contributed by atoms with Gasteiger partial charge in [0.15, 0.2) is 11.5 Å². The molecule has 2 heterocycles. The lowest BCUT2D eigenvalue weighted by atomic mass is 10.2. The van der Waals surface area contributed by atoms with Crippen molar-refractivity contribution in [1.82, 2.24) is 4.98 Å². The van der Waals surface area contributed by atoms with Gasteiger partial charge in [-0.25, -0.2) is 4.98 Å². The average molecular weight is 338 g/mol. The Morgan fingerprint density at radius 1 is 1.25 bits per heavy atom. The number of aromatic nitrogens is 1. The van der Waals surface area contributed by atoms with E-state index >= 15 is 0 Å². The number of aliphatic hydroxyl groups is 1. The zero-order chi connectivity index (χ0) is 13.9. The molecule has 0 fully saturated rings. The van der Waals surface area contributed by atoms with Crippen LogP contribution in [0.4, 0.5) is 0 Å². The molecule has 0 spiro atoms. The molecule has 104 valence electrons. The first-order valence-corrected chi connectivity index (χ1v) is 6.82. The summed E-state index contributed by atoms with van der Waals surface area (Å²) in [6, 6.07) is 7.41. The van der Waals surface area contributed by atoms with Crippen LogP contribution in [0.3, 0.4) is 0 Å². The first-order valence-electron chi connectivity index (χ1n) is 6.03. The topological polar surface area (TPSA) is 60.8 Å². The zero-order valence-electron chi connectivity index (χ0n) is 10.5. The van der Waals surface area contributed by atoms with Crippen LogP contribution in [0, 0.1) is 0 Å². The van der Waals surface area contributed by atoms with Gasteiger partial charge in [0.1, 0.15) is 6.61 Å². The van der Waals surface area contributed by atoms with Crippen LogP contribution in [0.1, 0.15) is 11.1 Å². The van der Waals surface area contributed by atoms with Crippen LogP contribution in [0.5, 0.6) is 17.4 Å². The molecule has 1 aromatic heterocycles. The standard InChI is InChI=1S/C14H12BrNO4/c15-11-4-10(6-17)14(16-5-11)18-7-9-1-2-12-13(3-9)20-8-19-12/h1-5,17H,6-8H2. The molecule has 6 heteroatoms. The summed E-state index contributed by atoms with van der Waals surface area (Å²) in [4.78, 5) is 4.15. The van der Waals surface area contributed by atoms with E-state index in [4.69, 9.17) is 14.2 Å². The highest BCUT2D eigenvalue weighted by molar-refractivity contribution is 9.10. The zero-order valence-corrected chi connectivity index (χ0v) is 12.1. The van der Waals surface area contributed by atoms with Crippen molar-refractivity contribution in [2.45, 2.75) is 13.2 Å². The molecule has 0 radical (unpaired) electrons. The molecular weight excluding hydrogens is 326 g/mol. The predicted octanol–water partition coefficient (Wildman–Crippen LogP) is 2.64. The second kappa shape index (κ2) is 5.68. The second-order valence-electron chi connectivity index (χ2n) is 4.25. The van der Waals surface area contributed by atoms with Gasteiger partial charge >= 0.3 is 0 Å². The summed E-state index contributed by atoms with van der Waals surface area (Å²) in [6.45, 7) is 0.476. The number of hydrogen-bond acceptors (Lipinski definition) is 5. The lowest BCUT2D eigenvalue weighted by Crippen LogP contribution is -2.01. The third-order valence-corrected chi connectivity index (χ3v) is 3.31. The van der Waals surface area contributed by atoms with Crippen LogP contribution in [0.15, 0.2) is 34.9 Å². The summed E-state index contributed by atoms with van der Waals surface area (Å²) < 4.78 is 17.0. The monoisotopic (exact) mass is 337 g/mol. The Labute approximate surface area is 124 Å². The summed E-state index contributed by atoms with van der Waals surface area (Å²) >= 11 is 3.31. The van der Waals surface area contributed by atoms with Gasteiger partial charge in [0.2, 0.25) is 12.7 Å². The molecule has 1 aliphatic heterocycles. The molecule has 0 unspecified atom stereocenters. The van der Waals surface area contributed by atoms with Crippen LogP contribution < -0.4 is 14.2 Å². The summed E-state index contributed by atoms with van der Waals surface area (Å²) in [5.41, 5.74) is 1.59. The molecule has 1 N–H and O–H groups in total. The summed E-state index contributed by atoms with van der Waals surface area (Å²) in [7, 11) is 0. The first-order chi connectivity index (χ1) is 9.76. The van der Waals surface area contributed by atoms with Crippen LogP contribution >= 0.6 is 15.9 Å². The van der Waals surface area contributed by atoms with Gasteiger partial charge in [0.25, 0.3) is 0 Å². The summed E-state index contributed by atoms with van der Waals surface area (Å²) in [6.07, 6.45) is 1.63. The van der Waals surface area contributed by atoms with Crippen molar-refractivity contribution in [2.24, 2.45) is 0 Å². The smallest absolute Gasteiger partial charge is 0.231 e. The van der Waals surface area contributed by atoms with Gasteiger partial charge in [-0.3, -0.25) is 0 Å². The van der Waals surface area contributed by atoms with E-state index in [1.54, 1.807) is 12.3 Å². The quantitative estimate of drug-likeness (QED) is 0.929. The van der Waals surface area contributed by atoms with E-state index < -0.39 is 0 Å². The summed E-state index contributed by atoms with van der Waals surface area (Å²) in [5, 5.41) is 9.29. The Morgan fingerprint density at radius 2 is 2.10 bits per heavy atom. The Balaban J connectivity index is 1.73. The van der Waals surface area contributed by atoms with Crippen molar-refractivity contribution in [2.75, 3.05) is 6.79 Å². The van der Waals surface area contributed by atoms with Gasteiger partial charge in [0, 0.05) is 16.2 Å². The molecule has 3 rings (SSSR count). The lowest BCUT2D eigenvalue weighted by Gasteiger charge is -2.09. The molecule has 0 saturated heterocycles. The third kappa shape index (κ3) is 2.71. The Hall–Kier alpha value is -1.79. The van der Waals surface area contributed by atoms with Crippen molar-refractivity contribution in [3.8, 4) is 17.4 Å². The van der Waals surface area contributed by atoms with Gasteiger partial charge in [-0.1, -0.05) is 6.07 Å². The average Bonchev–Trinajstić information content (AvgIpc) is 2.93. The number of pyridine rings is 1. The lowest BCUT2D eigenvalue weighted by molar-refractivity contribution is 0.174. The number of rotatable bonds is 4. The highest BCUT2D eigenvalue weighted by Gasteiger charge is 2.13. The van der Waals surface area contributed by atoms with Crippen LogP contribution in [0.25, 0.3) is 0 Å². The fourth-order valence-corrected chi connectivity index (χ4v) is 2.27. The minimum absolute atomic E-state index is 0.122. The number of benzene rings is 1. The molecule has 1 aliphatic rings. The van der Waals surface area contributed by atoms with E-state index in [0.717, 1.165) is 21.5 Å². The van der Waals surface area contributed by atoms with Crippen molar-refractivity contribution in [3.63, 3.8) is 0 Å². The van der Waals surface area contributed by atoms with Crippen LogP contribution in [-0.4, -0.2) is 16.9 Å². The summed E-state index contributed by atoms with van der Waals surface area (Å²) in [5.74, 6) is 1.89. The van der Waals surface area contributed by atoms with Gasteiger partial charge in [-0.15, -0.1) is 0 Å². The molecule has 0 saturated carbocycles. The maximum Gasteiger partial charge on any atom is 0.231 e. The van der Waals surface area contributed by atoms with Gasteiger partial charge < -0.3 is 19.3 Å². The largest absolute Gasteiger partial charge is 0.473 e. The molecule has 2 aromatic rings. The minimum Gasteiger partial charge on any atom is -0.473 e. The Morgan fingerprint density at radius 3 is 2.95 bits per heavy atom. The van der Waals surface area contributed by atoms with E-state index in [1.165, 1.54) is 0 Å². The molecule has 0 bridgehead atoms. The number of nitrogens with zero attached hydrogens (tertiary/aromatic N) is 1. The minimum atomic E-state index is -0.122. The highest BCUT2D eigenvalue weighted by Crippen LogP contribution is 2.32. The molecule has 0 amide bonds. The van der Waals surface area contributed by atoms with Crippen molar-refractivity contribution in [1.29, 1.82) is 0 Å². The Bertz CT molecular complexity index is 633. The molecule has 0 atom stereocenters. The first kappa shape index (κ1) is 13.2. The van der Waals surface area contributed by atoms with Crippen molar-refractivity contribution < 1.29 is 19.3 Å². The molecule has 1 aromatic carbocycles. The number of fused-ring (bicyclic) bond motifs is 1.